The fourth-order valence-electron chi connectivity index (χ4n) is 1.48. The molecule has 0 aromatic rings. The molecule has 0 radical (unpaired) electrons. The predicted octanol–water partition coefficient (Wildman–Crippen LogP) is 2.54. The van der Waals surface area contributed by atoms with Crippen LogP contribution in [0.1, 0.15) is 53.4 Å². The van der Waals surface area contributed by atoms with E-state index >= 15 is 0 Å². The lowest BCUT2D eigenvalue weighted by Gasteiger charge is -2.02. The van der Waals surface area contributed by atoms with Gasteiger partial charge in [0.2, 0.25) is 0 Å². The van der Waals surface area contributed by atoms with Crippen LogP contribution >= 0.6 is 0 Å². The molecule has 0 saturated heterocycles. The van der Waals surface area contributed by atoms with Crippen molar-refractivity contribution in [2.45, 2.75) is 53.4 Å². The van der Waals surface area contributed by atoms with Gasteiger partial charge in [0.25, 0.3) is 0 Å². The quantitative estimate of drug-likeness (QED) is 0.405. The third-order valence-corrected chi connectivity index (χ3v) is 3.25. The zero-order valence-corrected chi connectivity index (χ0v) is 13.1. The Morgan fingerprint density at radius 2 is 1.05 bits per heavy atom. The molecule has 0 spiro atoms. The van der Waals surface area contributed by atoms with E-state index in [4.69, 9.17) is 11.5 Å². The molecule has 114 valence electrons. The molecule has 0 aliphatic rings. The Bertz CT molecular complexity index is 326. The second-order valence-electron chi connectivity index (χ2n) is 4.65. The normalized spacial score (nSPS) is 14.3. The van der Waals surface area contributed by atoms with Crippen LogP contribution in [0.5, 0.6) is 0 Å². The molecule has 0 fully saturated rings. The molecule has 0 aromatic carbocycles. The molecule has 0 aliphatic carbocycles. The summed E-state index contributed by atoms with van der Waals surface area (Å²) in [6.45, 7) is 8.43. The van der Waals surface area contributed by atoms with Crippen molar-refractivity contribution in [3.05, 3.63) is 0 Å². The van der Waals surface area contributed by atoms with Crippen molar-refractivity contribution in [3.63, 3.8) is 0 Å². The van der Waals surface area contributed by atoms with Gasteiger partial charge in [0.15, 0.2) is 11.7 Å². The molecule has 0 heterocycles. The summed E-state index contributed by atoms with van der Waals surface area (Å²) in [4.78, 5) is 0. The van der Waals surface area contributed by atoms with Crippen LogP contribution in [0.4, 0.5) is 0 Å². The van der Waals surface area contributed by atoms with Gasteiger partial charge in [0.1, 0.15) is 0 Å². The van der Waals surface area contributed by atoms with Crippen LogP contribution in [0.2, 0.25) is 0 Å². The van der Waals surface area contributed by atoms with Gasteiger partial charge in [0.05, 0.1) is 0 Å². The average Bonchev–Trinajstić information content (AvgIpc) is 2.47. The van der Waals surface area contributed by atoms with E-state index in [1.165, 1.54) is 0 Å². The molecule has 0 amide bonds. The summed E-state index contributed by atoms with van der Waals surface area (Å²) in [5.74, 6) is 1.01. The average molecular weight is 280 g/mol. The second kappa shape index (κ2) is 11.1. The monoisotopic (exact) mass is 280 g/mol. The van der Waals surface area contributed by atoms with E-state index in [9.17, 15) is 0 Å². The van der Waals surface area contributed by atoms with Gasteiger partial charge in [-0.05, 0) is 37.5 Å². The topological polar surface area (TPSA) is 101 Å². The summed E-state index contributed by atoms with van der Waals surface area (Å²) in [5, 5.41) is 15.5. The Morgan fingerprint density at radius 3 is 1.30 bits per heavy atom. The molecule has 20 heavy (non-hydrogen) atoms. The second-order valence-corrected chi connectivity index (χ2v) is 4.65. The number of rotatable bonds is 8. The smallest absolute Gasteiger partial charge is 0.190 e. The fourth-order valence-corrected chi connectivity index (χ4v) is 1.48. The molecule has 0 aromatic heterocycles. The highest BCUT2D eigenvalue weighted by Gasteiger charge is 2.01. The summed E-state index contributed by atoms with van der Waals surface area (Å²) in [5.41, 5.74) is 11.3. The molecule has 6 nitrogen and oxygen atoms in total. The number of hydrogen-bond acceptors (Lipinski definition) is 4. The molecule has 0 aliphatic heterocycles. The number of nitrogens with zero attached hydrogens (tertiary/aromatic N) is 4. The summed E-state index contributed by atoms with van der Waals surface area (Å²) in [6, 6.07) is 0. The van der Waals surface area contributed by atoms with Gasteiger partial charge in [0, 0.05) is 12.4 Å². The number of hydrogen-bond donors (Lipinski definition) is 2. The first-order chi connectivity index (χ1) is 9.58. The maximum Gasteiger partial charge on any atom is 0.190 e. The Labute approximate surface area is 122 Å². The molecular formula is C14H28N6. The zero-order chi connectivity index (χ0) is 15.4. The standard InChI is InChI=1S/C14H28N6/c1-5-11(6-2)9-17-19-13(15)14(16)20-18-10-12(7-3)8-4/h9-12H,5-8H2,1-4H3,(H2,15,19)(H2,16,20)/b17-9+,18-10+. The van der Waals surface area contributed by atoms with Crippen molar-refractivity contribution in [2.24, 2.45) is 43.7 Å². The molecule has 0 unspecified atom stereocenters. The summed E-state index contributed by atoms with van der Waals surface area (Å²) in [7, 11) is 0. The highest BCUT2D eigenvalue weighted by molar-refractivity contribution is 6.39. The van der Waals surface area contributed by atoms with E-state index in [0.29, 0.717) is 11.8 Å². The molecular weight excluding hydrogens is 252 g/mol. The minimum atomic E-state index is 0.0916. The molecule has 6 heteroatoms. The zero-order valence-electron chi connectivity index (χ0n) is 13.1. The third-order valence-electron chi connectivity index (χ3n) is 3.25. The first-order valence-electron chi connectivity index (χ1n) is 7.32. The van der Waals surface area contributed by atoms with Crippen molar-refractivity contribution in [1.29, 1.82) is 0 Å². The third kappa shape index (κ3) is 7.66. The minimum Gasteiger partial charge on any atom is -0.379 e. The molecule has 0 saturated carbocycles. The maximum absolute atomic E-state index is 5.67. The van der Waals surface area contributed by atoms with E-state index < -0.39 is 0 Å². The van der Waals surface area contributed by atoms with Crippen LogP contribution in [0.25, 0.3) is 0 Å². The lowest BCUT2D eigenvalue weighted by atomic mass is 10.1. The fraction of sp³-hybridized carbons (Fsp3) is 0.714. The van der Waals surface area contributed by atoms with Crippen molar-refractivity contribution in [1.82, 2.24) is 0 Å². The first kappa shape index (κ1) is 18.3. The van der Waals surface area contributed by atoms with Crippen LogP contribution in [-0.2, 0) is 0 Å². The van der Waals surface area contributed by atoms with Gasteiger partial charge in [-0.25, -0.2) is 0 Å². The van der Waals surface area contributed by atoms with Gasteiger partial charge >= 0.3 is 0 Å². The van der Waals surface area contributed by atoms with Crippen molar-refractivity contribution in [3.8, 4) is 0 Å². The SMILES string of the molecule is CCC(/C=N/N=C(N)C(N)=N/N=C/C(CC)CC)CC. The van der Waals surface area contributed by atoms with Crippen LogP contribution in [0.3, 0.4) is 0 Å². The van der Waals surface area contributed by atoms with Crippen LogP contribution in [0.15, 0.2) is 20.4 Å². The number of nitrogens with two attached hydrogens (primary N) is 2. The Hall–Kier alpha value is -1.72. The molecule has 4 N–H and O–H groups in total. The summed E-state index contributed by atoms with van der Waals surface area (Å²) >= 11 is 0. The lowest BCUT2D eigenvalue weighted by molar-refractivity contribution is 0.653. The van der Waals surface area contributed by atoms with Gasteiger partial charge in [-0.2, -0.15) is 10.2 Å². The minimum absolute atomic E-state index is 0.0916. The van der Waals surface area contributed by atoms with Gasteiger partial charge < -0.3 is 11.5 Å². The van der Waals surface area contributed by atoms with Gasteiger partial charge in [-0.15, -0.1) is 10.2 Å². The predicted molar refractivity (Wildman–Crippen MR) is 88.4 cm³/mol. The summed E-state index contributed by atoms with van der Waals surface area (Å²) < 4.78 is 0. The Kier molecular flexibility index (Phi) is 10.2. The number of amidine groups is 2. The lowest BCUT2D eigenvalue weighted by Crippen LogP contribution is -2.30. The van der Waals surface area contributed by atoms with Crippen LogP contribution in [-0.4, -0.2) is 24.1 Å². The van der Waals surface area contributed by atoms with Gasteiger partial charge in [-0.1, -0.05) is 27.7 Å². The first-order valence-corrected chi connectivity index (χ1v) is 7.32. The highest BCUT2D eigenvalue weighted by Crippen LogP contribution is 2.04. The molecule has 0 bridgehead atoms. The van der Waals surface area contributed by atoms with Gasteiger partial charge in [-0.3, -0.25) is 0 Å². The van der Waals surface area contributed by atoms with Crippen LogP contribution < -0.4 is 11.5 Å². The van der Waals surface area contributed by atoms with E-state index in [1.807, 2.05) is 0 Å². The molecule has 0 atom stereocenters. The van der Waals surface area contributed by atoms with Crippen LogP contribution in [0, 0.1) is 11.8 Å². The van der Waals surface area contributed by atoms with E-state index in [2.05, 4.69) is 48.1 Å². The van der Waals surface area contributed by atoms with E-state index in [1.54, 1.807) is 12.4 Å². The molecule has 0 rings (SSSR count). The Balaban J connectivity index is 4.56. The Morgan fingerprint density at radius 1 is 0.750 bits per heavy atom. The van der Waals surface area contributed by atoms with Crippen molar-refractivity contribution < 1.29 is 0 Å². The highest BCUT2D eigenvalue weighted by atomic mass is 15.3. The van der Waals surface area contributed by atoms with Crippen molar-refractivity contribution in [2.75, 3.05) is 0 Å². The van der Waals surface area contributed by atoms with E-state index in [0.717, 1.165) is 25.7 Å². The van der Waals surface area contributed by atoms with E-state index in [-0.39, 0.29) is 11.7 Å². The largest absolute Gasteiger partial charge is 0.379 e. The summed E-state index contributed by atoms with van der Waals surface area (Å²) in [6.07, 6.45) is 7.68. The maximum atomic E-state index is 5.67. The van der Waals surface area contributed by atoms with Crippen molar-refractivity contribution >= 4 is 24.1 Å².